The summed E-state index contributed by atoms with van der Waals surface area (Å²) in [6, 6.07) is 3.07. The zero-order valence-electron chi connectivity index (χ0n) is 7.67. The lowest BCUT2D eigenvalue weighted by Crippen LogP contribution is -2.09. The average molecular weight is 215 g/mol. The number of alkyl halides is 3. The van der Waals surface area contributed by atoms with Crippen molar-refractivity contribution in [3.8, 4) is 6.07 Å². The predicted octanol–water partition coefficient (Wildman–Crippen LogP) is 2.03. The molecule has 0 atom stereocenters. The first kappa shape index (κ1) is 11.3. The summed E-state index contributed by atoms with van der Waals surface area (Å²) in [6.45, 7) is 0. The molecule has 1 rings (SSSR count). The van der Waals surface area contributed by atoms with E-state index in [1.165, 1.54) is 12.3 Å². The minimum atomic E-state index is -4.23. The molecule has 1 heterocycles. The fourth-order valence-electron chi connectivity index (χ4n) is 1.10. The molecule has 3 nitrogen and oxygen atoms in total. The molecule has 80 valence electrons. The zero-order chi connectivity index (χ0) is 11.5. The van der Waals surface area contributed by atoms with Crippen molar-refractivity contribution >= 4 is 5.82 Å². The van der Waals surface area contributed by atoms with Crippen LogP contribution in [0.3, 0.4) is 0 Å². The quantitative estimate of drug-likeness (QED) is 0.820. The van der Waals surface area contributed by atoms with E-state index in [1.807, 2.05) is 0 Å². The van der Waals surface area contributed by atoms with Crippen molar-refractivity contribution in [2.45, 2.75) is 19.0 Å². The van der Waals surface area contributed by atoms with E-state index in [0.717, 1.165) is 0 Å². The predicted molar refractivity (Wildman–Crippen MR) is 47.7 cm³/mol. The molecule has 1 aromatic heterocycles. The lowest BCUT2D eigenvalue weighted by molar-refractivity contribution is -0.134. The first-order valence-electron chi connectivity index (χ1n) is 4.13. The molecule has 1 aromatic rings. The number of aryl methyl sites for hydroxylation is 1. The standard InChI is InChI=1S/C9H8F3N3/c10-9(11,12)2-1-6-3-8(14)15-5-7(6)4-13/h3,5H,1-2H2,(H2,14,15). The Balaban J connectivity index is 2.85. The number of hydrogen-bond donors (Lipinski definition) is 1. The van der Waals surface area contributed by atoms with Crippen LogP contribution >= 0.6 is 0 Å². The lowest BCUT2D eigenvalue weighted by atomic mass is 10.1. The first-order valence-corrected chi connectivity index (χ1v) is 4.13. The van der Waals surface area contributed by atoms with Crippen LogP contribution < -0.4 is 5.73 Å². The average Bonchev–Trinajstić information content (AvgIpc) is 2.14. The third kappa shape index (κ3) is 3.46. The summed E-state index contributed by atoms with van der Waals surface area (Å²) in [5.74, 6) is 0.117. The maximum Gasteiger partial charge on any atom is 0.389 e. The van der Waals surface area contributed by atoms with Crippen molar-refractivity contribution in [2.75, 3.05) is 5.73 Å². The van der Waals surface area contributed by atoms with Gasteiger partial charge < -0.3 is 5.73 Å². The molecular weight excluding hydrogens is 207 g/mol. The van der Waals surface area contributed by atoms with Gasteiger partial charge >= 0.3 is 6.18 Å². The Kier molecular flexibility index (Phi) is 3.14. The van der Waals surface area contributed by atoms with Gasteiger partial charge in [-0.2, -0.15) is 18.4 Å². The monoisotopic (exact) mass is 215 g/mol. The minimum absolute atomic E-state index is 0.117. The van der Waals surface area contributed by atoms with E-state index in [2.05, 4.69) is 4.98 Å². The zero-order valence-corrected chi connectivity index (χ0v) is 7.67. The number of pyridine rings is 1. The van der Waals surface area contributed by atoms with Gasteiger partial charge in [0.2, 0.25) is 0 Å². The second kappa shape index (κ2) is 4.17. The van der Waals surface area contributed by atoms with Crippen LogP contribution in [0.1, 0.15) is 17.5 Å². The summed E-state index contributed by atoms with van der Waals surface area (Å²) >= 11 is 0. The maximum atomic E-state index is 11.9. The number of nitrogen functional groups attached to an aromatic ring is 1. The van der Waals surface area contributed by atoms with Gasteiger partial charge in [-0.05, 0) is 18.1 Å². The molecule has 0 spiro atoms. The van der Waals surface area contributed by atoms with E-state index >= 15 is 0 Å². The summed E-state index contributed by atoms with van der Waals surface area (Å²) in [5, 5.41) is 8.63. The van der Waals surface area contributed by atoms with Crippen LogP contribution in [0.25, 0.3) is 0 Å². The molecule has 0 radical (unpaired) electrons. The first-order chi connectivity index (χ1) is 6.92. The Hall–Kier alpha value is -1.77. The number of hydrogen-bond acceptors (Lipinski definition) is 3. The van der Waals surface area contributed by atoms with Gasteiger partial charge in [-0.15, -0.1) is 0 Å². The summed E-state index contributed by atoms with van der Waals surface area (Å²) in [6.07, 6.45) is -4.27. The van der Waals surface area contributed by atoms with E-state index in [1.54, 1.807) is 6.07 Å². The van der Waals surface area contributed by atoms with Crippen LogP contribution in [-0.4, -0.2) is 11.2 Å². The molecule has 0 amide bonds. The highest BCUT2D eigenvalue weighted by atomic mass is 19.4. The van der Waals surface area contributed by atoms with E-state index < -0.39 is 12.6 Å². The lowest BCUT2D eigenvalue weighted by Gasteiger charge is -2.07. The molecule has 2 N–H and O–H groups in total. The number of anilines is 1. The highest BCUT2D eigenvalue weighted by Crippen LogP contribution is 2.23. The van der Waals surface area contributed by atoms with E-state index in [-0.39, 0.29) is 23.4 Å². The van der Waals surface area contributed by atoms with Crippen molar-refractivity contribution in [1.82, 2.24) is 4.98 Å². The summed E-state index contributed by atoms with van der Waals surface area (Å²) in [7, 11) is 0. The van der Waals surface area contributed by atoms with Gasteiger partial charge in [0, 0.05) is 12.6 Å². The third-order valence-corrected chi connectivity index (χ3v) is 1.81. The largest absolute Gasteiger partial charge is 0.389 e. The van der Waals surface area contributed by atoms with E-state index in [0.29, 0.717) is 0 Å². The number of nitrogens with zero attached hydrogens (tertiary/aromatic N) is 2. The Labute approximate surface area is 84.3 Å². The maximum absolute atomic E-state index is 11.9. The van der Waals surface area contributed by atoms with Crippen molar-refractivity contribution in [1.29, 1.82) is 5.26 Å². The van der Waals surface area contributed by atoms with E-state index in [4.69, 9.17) is 11.0 Å². The van der Waals surface area contributed by atoms with E-state index in [9.17, 15) is 13.2 Å². The van der Waals surface area contributed by atoms with Crippen LogP contribution in [0, 0.1) is 11.3 Å². The minimum Gasteiger partial charge on any atom is -0.384 e. The van der Waals surface area contributed by atoms with Gasteiger partial charge in [0.15, 0.2) is 0 Å². The molecule has 15 heavy (non-hydrogen) atoms. The van der Waals surface area contributed by atoms with Gasteiger partial charge in [0.1, 0.15) is 11.9 Å². The summed E-state index contributed by atoms with van der Waals surface area (Å²) in [4.78, 5) is 3.63. The van der Waals surface area contributed by atoms with Gasteiger partial charge in [0.25, 0.3) is 0 Å². The molecular formula is C9H8F3N3. The summed E-state index contributed by atoms with van der Waals surface area (Å²) < 4.78 is 35.8. The van der Waals surface area contributed by atoms with Gasteiger partial charge in [-0.3, -0.25) is 0 Å². The number of aromatic nitrogens is 1. The number of nitriles is 1. The molecule has 0 saturated heterocycles. The second-order valence-corrected chi connectivity index (χ2v) is 2.99. The molecule has 6 heteroatoms. The van der Waals surface area contributed by atoms with Crippen molar-refractivity contribution in [3.05, 3.63) is 23.4 Å². The SMILES string of the molecule is N#Cc1cnc(N)cc1CCC(F)(F)F. The third-order valence-electron chi connectivity index (χ3n) is 1.81. The molecule has 0 fully saturated rings. The van der Waals surface area contributed by atoms with Crippen LogP contribution in [0.5, 0.6) is 0 Å². The Morgan fingerprint density at radius 1 is 1.47 bits per heavy atom. The second-order valence-electron chi connectivity index (χ2n) is 2.99. The van der Waals surface area contributed by atoms with Gasteiger partial charge in [-0.25, -0.2) is 4.98 Å². The Bertz CT molecular complexity index is 393. The topological polar surface area (TPSA) is 62.7 Å². The van der Waals surface area contributed by atoms with Crippen molar-refractivity contribution in [3.63, 3.8) is 0 Å². The fourth-order valence-corrected chi connectivity index (χ4v) is 1.10. The normalized spacial score (nSPS) is 11.1. The molecule has 0 unspecified atom stereocenters. The number of nitrogens with two attached hydrogens (primary N) is 1. The Morgan fingerprint density at radius 2 is 2.13 bits per heavy atom. The number of rotatable bonds is 2. The number of halogens is 3. The molecule has 0 aromatic carbocycles. The molecule has 0 saturated carbocycles. The smallest absolute Gasteiger partial charge is 0.384 e. The molecule has 0 bridgehead atoms. The van der Waals surface area contributed by atoms with Crippen LogP contribution in [0.2, 0.25) is 0 Å². The van der Waals surface area contributed by atoms with Crippen molar-refractivity contribution in [2.24, 2.45) is 0 Å². The highest BCUT2D eigenvalue weighted by molar-refractivity contribution is 5.42. The Morgan fingerprint density at radius 3 is 2.67 bits per heavy atom. The van der Waals surface area contributed by atoms with Gasteiger partial charge in [-0.1, -0.05) is 0 Å². The van der Waals surface area contributed by atoms with Crippen LogP contribution in [-0.2, 0) is 6.42 Å². The van der Waals surface area contributed by atoms with Crippen LogP contribution in [0.4, 0.5) is 19.0 Å². The molecule has 0 aliphatic rings. The molecule has 0 aliphatic carbocycles. The highest BCUT2D eigenvalue weighted by Gasteiger charge is 2.27. The van der Waals surface area contributed by atoms with Crippen molar-refractivity contribution < 1.29 is 13.2 Å². The van der Waals surface area contributed by atoms with Crippen LogP contribution in [0.15, 0.2) is 12.3 Å². The fraction of sp³-hybridized carbons (Fsp3) is 0.333. The summed E-state index contributed by atoms with van der Waals surface area (Å²) in [5.41, 5.74) is 5.73. The molecule has 0 aliphatic heterocycles. The van der Waals surface area contributed by atoms with Gasteiger partial charge in [0.05, 0.1) is 5.56 Å².